The highest BCUT2D eigenvalue weighted by atomic mass is 35.5. The molecule has 128 valence electrons. The third-order valence-electron chi connectivity index (χ3n) is 4.07. The van der Waals surface area contributed by atoms with E-state index in [0.29, 0.717) is 6.42 Å². The summed E-state index contributed by atoms with van der Waals surface area (Å²) < 4.78 is 0. The van der Waals surface area contributed by atoms with Gasteiger partial charge in [0.15, 0.2) is 0 Å². The molecule has 0 aromatic heterocycles. The zero-order valence-electron chi connectivity index (χ0n) is 13.3. The number of hydrogen-bond donors (Lipinski definition) is 2. The molecular formula is C15H33Cl2N3O. The van der Waals surface area contributed by atoms with Gasteiger partial charge < -0.3 is 16.0 Å². The molecule has 6 heteroatoms. The van der Waals surface area contributed by atoms with Crippen LogP contribution in [0.1, 0.15) is 51.4 Å². The number of carbonyl (C=O) groups is 1. The highest BCUT2D eigenvalue weighted by Gasteiger charge is 2.16. The van der Waals surface area contributed by atoms with Crippen LogP contribution in [0.4, 0.5) is 0 Å². The highest BCUT2D eigenvalue weighted by Crippen LogP contribution is 2.18. The minimum absolute atomic E-state index is 0. The third-order valence-corrected chi connectivity index (χ3v) is 4.07. The molecule has 0 aromatic rings. The monoisotopic (exact) mass is 341 g/mol. The molecule has 0 spiro atoms. The van der Waals surface area contributed by atoms with E-state index in [1.54, 1.807) is 0 Å². The van der Waals surface area contributed by atoms with Crippen LogP contribution in [0.25, 0.3) is 0 Å². The first-order chi connectivity index (χ1) is 9.22. The van der Waals surface area contributed by atoms with Gasteiger partial charge in [0.1, 0.15) is 0 Å². The summed E-state index contributed by atoms with van der Waals surface area (Å²) in [7, 11) is 2.18. The maximum absolute atomic E-state index is 11.6. The molecule has 0 bridgehead atoms. The Morgan fingerprint density at radius 2 is 1.76 bits per heavy atom. The van der Waals surface area contributed by atoms with Crippen LogP contribution < -0.4 is 11.1 Å². The topological polar surface area (TPSA) is 58.4 Å². The van der Waals surface area contributed by atoms with Crippen molar-refractivity contribution in [3.63, 3.8) is 0 Å². The normalized spacial score (nSPS) is 15.9. The molecule has 0 radical (unpaired) electrons. The Balaban J connectivity index is 0. The predicted molar refractivity (Wildman–Crippen MR) is 94.5 cm³/mol. The molecule has 0 aromatic carbocycles. The summed E-state index contributed by atoms with van der Waals surface area (Å²) in [6, 6.07) is 0. The Morgan fingerprint density at radius 3 is 2.38 bits per heavy atom. The molecule has 1 amide bonds. The molecule has 1 aliphatic rings. The zero-order valence-corrected chi connectivity index (χ0v) is 14.9. The van der Waals surface area contributed by atoms with Crippen molar-refractivity contribution < 1.29 is 4.79 Å². The molecule has 0 unspecified atom stereocenters. The number of nitrogens with two attached hydrogens (primary N) is 1. The molecule has 21 heavy (non-hydrogen) atoms. The molecule has 0 atom stereocenters. The highest BCUT2D eigenvalue weighted by molar-refractivity contribution is 5.85. The van der Waals surface area contributed by atoms with E-state index < -0.39 is 0 Å². The van der Waals surface area contributed by atoms with Crippen molar-refractivity contribution in [1.29, 1.82) is 0 Å². The maximum Gasteiger partial charge on any atom is 0.219 e. The fourth-order valence-electron chi connectivity index (χ4n) is 2.64. The van der Waals surface area contributed by atoms with Crippen LogP contribution in [0, 0.1) is 5.92 Å². The van der Waals surface area contributed by atoms with E-state index in [1.807, 2.05) is 0 Å². The van der Waals surface area contributed by atoms with Crippen molar-refractivity contribution >= 4 is 30.7 Å². The van der Waals surface area contributed by atoms with Crippen molar-refractivity contribution in [2.45, 2.75) is 51.4 Å². The number of hydrogen-bond acceptors (Lipinski definition) is 3. The lowest BCUT2D eigenvalue weighted by molar-refractivity contribution is -0.121. The van der Waals surface area contributed by atoms with Crippen LogP contribution in [0.5, 0.6) is 0 Å². The second-order valence-corrected chi connectivity index (χ2v) is 5.84. The van der Waals surface area contributed by atoms with Crippen LogP contribution in [-0.4, -0.2) is 44.0 Å². The van der Waals surface area contributed by atoms with Gasteiger partial charge in [0.05, 0.1) is 0 Å². The summed E-state index contributed by atoms with van der Waals surface area (Å²) in [5.74, 6) is 1.03. The van der Waals surface area contributed by atoms with Gasteiger partial charge in [0, 0.05) is 13.0 Å². The van der Waals surface area contributed by atoms with E-state index in [1.165, 1.54) is 25.9 Å². The minimum atomic E-state index is 0. The van der Waals surface area contributed by atoms with Crippen LogP contribution in [-0.2, 0) is 4.79 Å². The summed E-state index contributed by atoms with van der Waals surface area (Å²) in [6.45, 7) is 4.04. The molecule has 0 aliphatic carbocycles. The molecule has 1 heterocycles. The Labute approximate surface area is 142 Å². The van der Waals surface area contributed by atoms with E-state index >= 15 is 0 Å². The number of carbonyl (C=O) groups excluding carboxylic acids is 1. The Bertz CT molecular complexity index is 247. The first kappa shape index (κ1) is 23.2. The van der Waals surface area contributed by atoms with Gasteiger partial charge in [0.25, 0.3) is 0 Å². The fraction of sp³-hybridized carbons (Fsp3) is 0.933. The molecule has 3 N–H and O–H groups in total. The molecule has 1 rings (SSSR count). The number of piperidine rings is 1. The van der Waals surface area contributed by atoms with Crippen LogP contribution >= 0.6 is 24.8 Å². The van der Waals surface area contributed by atoms with E-state index in [9.17, 15) is 4.79 Å². The van der Waals surface area contributed by atoms with E-state index in [-0.39, 0.29) is 30.7 Å². The average molecular weight is 342 g/mol. The van der Waals surface area contributed by atoms with Crippen LogP contribution in [0.15, 0.2) is 0 Å². The van der Waals surface area contributed by atoms with Gasteiger partial charge in [0.2, 0.25) is 5.91 Å². The number of rotatable bonds is 9. The maximum atomic E-state index is 11.6. The number of likely N-dealkylation sites (tertiary alicyclic amines) is 1. The third kappa shape index (κ3) is 12.2. The van der Waals surface area contributed by atoms with Crippen molar-refractivity contribution in [1.82, 2.24) is 10.2 Å². The number of amides is 1. The Morgan fingerprint density at radius 1 is 1.14 bits per heavy atom. The number of nitrogens with one attached hydrogen (secondary N) is 1. The first-order valence-electron chi connectivity index (χ1n) is 7.87. The lowest BCUT2D eigenvalue weighted by Gasteiger charge is -2.28. The quantitative estimate of drug-likeness (QED) is 0.633. The summed E-state index contributed by atoms with van der Waals surface area (Å²) >= 11 is 0. The van der Waals surface area contributed by atoms with Gasteiger partial charge in [-0.2, -0.15) is 0 Å². The van der Waals surface area contributed by atoms with Crippen molar-refractivity contribution in [3.05, 3.63) is 0 Å². The van der Waals surface area contributed by atoms with Crippen LogP contribution in [0.2, 0.25) is 0 Å². The Hall–Kier alpha value is -0.0300. The largest absolute Gasteiger partial charge is 0.356 e. The van der Waals surface area contributed by atoms with Gasteiger partial charge in [-0.1, -0.05) is 12.8 Å². The predicted octanol–water partition coefficient (Wildman–Crippen LogP) is 2.59. The molecule has 1 aliphatic heterocycles. The minimum Gasteiger partial charge on any atom is -0.356 e. The van der Waals surface area contributed by atoms with E-state index in [2.05, 4.69) is 17.3 Å². The SMILES string of the molecule is CN1CCC(CCNC(=O)CCCCCCN)CC1.Cl.Cl. The van der Waals surface area contributed by atoms with Gasteiger partial charge in [-0.05, 0) is 64.7 Å². The van der Waals surface area contributed by atoms with Crippen LogP contribution in [0.3, 0.4) is 0 Å². The lowest BCUT2D eigenvalue weighted by atomic mass is 9.94. The second kappa shape index (κ2) is 14.9. The molecular weight excluding hydrogens is 309 g/mol. The number of nitrogens with zero attached hydrogens (tertiary/aromatic N) is 1. The lowest BCUT2D eigenvalue weighted by Crippen LogP contribution is -2.32. The smallest absolute Gasteiger partial charge is 0.219 e. The zero-order chi connectivity index (χ0) is 13.9. The molecule has 1 fully saturated rings. The fourth-order valence-corrected chi connectivity index (χ4v) is 2.64. The van der Waals surface area contributed by atoms with Gasteiger partial charge in [-0.15, -0.1) is 24.8 Å². The summed E-state index contributed by atoms with van der Waals surface area (Å²) in [6.07, 6.45) is 8.75. The number of halogens is 2. The van der Waals surface area contributed by atoms with E-state index in [4.69, 9.17) is 5.73 Å². The van der Waals surface area contributed by atoms with Gasteiger partial charge in [-0.3, -0.25) is 4.79 Å². The molecule has 0 saturated carbocycles. The first-order valence-corrected chi connectivity index (χ1v) is 7.87. The van der Waals surface area contributed by atoms with Crippen molar-refractivity contribution in [2.24, 2.45) is 11.7 Å². The summed E-state index contributed by atoms with van der Waals surface area (Å²) in [5.41, 5.74) is 5.43. The average Bonchev–Trinajstić information content (AvgIpc) is 2.41. The van der Waals surface area contributed by atoms with Gasteiger partial charge >= 0.3 is 0 Å². The van der Waals surface area contributed by atoms with Crippen molar-refractivity contribution in [2.75, 3.05) is 33.2 Å². The summed E-state index contributed by atoms with van der Waals surface area (Å²) in [5, 5.41) is 3.05. The standard InChI is InChI=1S/C15H31N3O.2ClH/c1-18-12-8-14(9-13-18)7-11-17-15(19)6-4-2-3-5-10-16;;/h14H,2-13,16H2,1H3,(H,17,19);2*1H. The van der Waals surface area contributed by atoms with E-state index in [0.717, 1.165) is 51.1 Å². The second-order valence-electron chi connectivity index (χ2n) is 5.84. The van der Waals surface area contributed by atoms with Gasteiger partial charge in [-0.25, -0.2) is 0 Å². The molecule has 1 saturated heterocycles. The summed E-state index contributed by atoms with van der Waals surface area (Å²) in [4.78, 5) is 14.0. The Kier molecular flexibility index (Phi) is 16.5. The molecule has 4 nitrogen and oxygen atoms in total. The van der Waals surface area contributed by atoms with Crippen molar-refractivity contribution in [3.8, 4) is 0 Å². The number of unbranched alkanes of at least 4 members (excludes halogenated alkanes) is 3.